The minimum Gasteiger partial charge on any atom is -0.481 e. The second-order valence-electron chi connectivity index (χ2n) is 4.02. The Hall–Kier alpha value is -2.00. The van der Waals surface area contributed by atoms with E-state index in [0.29, 0.717) is 0 Å². The average molecular weight is 305 g/mol. The van der Waals surface area contributed by atoms with E-state index >= 15 is 0 Å². The minimum atomic E-state index is -4.32. The number of benzene rings is 1. The zero-order valence-electron chi connectivity index (χ0n) is 10.3. The summed E-state index contributed by atoms with van der Waals surface area (Å²) in [5.74, 6) is -3.88. The molecule has 0 aliphatic rings. The summed E-state index contributed by atoms with van der Waals surface area (Å²) in [6.45, 7) is 1.43. The van der Waals surface area contributed by atoms with Gasteiger partial charge >= 0.3 is 11.9 Å². The van der Waals surface area contributed by atoms with Gasteiger partial charge in [-0.2, -0.15) is 4.72 Å². The molecule has 0 aromatic heterocycles. The number of carboxylic acids is 2. The molecular weight excluding hydrogens is 293 g/mol. The molecule has 0 amide bonds. The van der Waals surface area contributed by atoms with Crippen LogP contribution >= 0.6 is 0 Å². The van der Waals surface area contributed by atoms with Crippen LogP contribution in [0.1, 0.15) is 12.0 Å². The van der Waals surface area contributed by atoms with Crippen molar-refractivity contribution in [3.8, 4) is 0 Å². The molecule has 0 saturated carbocycles. The summed E-state index contributed by atoms with van der Waals surface area (Å²) >= 11 is 0. The van der Waals surface area contributed by atoms with Crippen LogP contribution in [-0.2, 0) is 19.6 Å². The fraction of sp³-hybridized carbons (Fsp3) is 0.273. The SMILES string of the molecule is Cc1ccc(S(=O)(=O)N[C@H](CC(=O)O)C(=O)O)cc1F. The highest BCUT2D eigenvalue weighted by atomic mass is 32.2. The number of aliphatic carboxylic acids is 2. The Kier molecular flexibility index (Phi) is 4.79. The summed E-state index contributed by atoms with van der Waals surface area (Å²) in [6.07, 6.45) is -0.928. The maximum atomic E-state index is 13.3. The molecule has 1 aromatic carbocycles. The summed E-state index contributed by atoms with van der Waals surface area (Å²) in [5, 5.41) is 17.3. The molecule has 1 atom stereocenters. The van der Waals surface area contributed by atoms with E-state index in [4.69, 9.17) is 10.2 Å². The van der Waals surface area contributed by atoms with Gasteiger partial charge in [0.05, 0.1) is 11.3 Å². The largest absolute Gasteiger partial charge is 0.481 e. The number of carbonyl (C=O) groups is 2. The van der Waals surface area contributed by atoms with Crippen LogP contribution in [0.4, 0.5) is 4.39 Å². The Balaban J connectivity index is 3.06. The van der Waals surface area contributed by atoms with Gasteiger partial charge in [0, 0.05) is 0 Å². The highest BCUT2D eigenvalue weighted by Gasteiger charge is 2.27. The highest BCUT2D eigenvalue weighted by molar-refractivity contribution is 7.89. The molecule has 0 spiro atoms. The molecule has 0 radical (unpaired) electrons. The predicted molar refractivity (Wildman–Crippen MR) is 65.1 cm³/mol. The topological polar surface area (TPSA) is 121 Å². The molecular formula is C11H12FNO6S. The third-order valence-corrected chi connectivity index (χ3v) is 3.90. The van der Waals surface area contributed by atoms with Gasteiger partial charge < -0.3 is 10.2 Å². The summed E-state index contributed by atoms with van der Waals surface area (Å²) in [7, 11) is -4.32. The summed E-state index contributed by atoms with van der Waals surface area (Å²) < 4.78 is 38.7. The predicted octanol–water partition coefficient (Wildman–Crippen LogP) is 0.340. The first kappa shape index (κ1) is 16.1. The fourth-order valence-electron chi connectivity index (χ4n) is 1.35. The second kappa shape index (κ2) is 5.97. The number of halogens is 1. The quantitative estimate of drug-likeness (QED) is 0.697. The normalized spacial score (nSPS) is 12.9. The lowest BCUT2D eigenvalue weighted by molar-refractivity contribution is -0.145. The van der Waals surface area contributed by atoms with E-state index in [-0.39, 0.29) is 5.56 Å². The molecule has 0 unspecified atom stereocenters. The van der Waals surface area contributed by atoms with Crippen LogP contribution in [0, 0.1) is 12.7 Å². The van der Waals surface area contributed by atoms with Crippen molar-refractivity contribution in [2.45, 2.75) is 24.3 Å². The zero-order chi connectivity index (χ0) is 15.5. The molecule has 0 saturated heterocycles. The lowest BCUT2D eigenvalue weighted by atomic mass is 10.2. The van der Waals surface area contributed by atoms with Gasteiger partial charge in [0.1, 0.15) is 11.9 Å². The van der Waals surface area contributed by atoms with Gasteiger partial charge in [0.25, 0.3) is 0 Å². The van der Waals surface area contributed by atoms with Crippen molar-refractivity contribution >= 4 is 22.0 Å². The fourth-order valence-corrected chi connectivity index (χ4v) is 2.55. The Morgan fingerprint density at radius 2 is 1.95 bits per heavy atom. The van der Waals surface area contributed by atoms with E-state index in [2.05, 4.69) is 0 Å². The van der Waals surface area contributed by atoms with Crippen molar-refractivity contribution < 1.29 is 32.6 Å². The molecule has 9 heteroatoms. The van der Waals surface area contributed by atoms with E-state index in [1.165, 1.54) is 13.0 Å². The molecule has 3 N–H and O–H groups in total. The van der Waals surface area contributed by atoms with Crippen molar-refractivity contribution in [3.05, 3.63) is 29.6 Å². The molecule has 0 bridgehead atoms. The molecule has 20 heavy (non-hydrogen) atoms. The lowest BCUT2D eigenvalue weighted by Gasteiger charge is -2.13. The van der Waals surface area contributed by atoms with Gasteiger partial charge in [-0.25, -0.2) is 12.8 Å². The number of hydrogen-bond donors (Lipinski definition) is 3. The van der Waals surface area contributed by atoms with Gasteiger partial charge in [-0.1, -0.05) is 6.07 Å². The van der Waals surface area contributed by atoms with E-state index in [9.17, 15) is 22.4 Å². The van der Waals surface area contributed by atoms with Crippen LogP contribution < -0.4 is 4.72 Å². The van der Waals surface area contributed by atoms with Gasteiger partial charge in [-0.05, 0) is 24.6 Å². The number of hydrogen-bond acceptors (Lipinski definition) is 4. The average Bonchev–Trinajstić information content (AvgIpc) is 2.30. The first-order chi connectivity index (χ1) is 9.13. The van der Waals surface area contributed by atoms with Crippen LogP contribution in [0.3, 0.4) is 0 Å². The number of carboxylic acid groups (broad SMARTS) is 2. The number of rotatable bonds is 6. The second-order valence-corrected chi connectivity index (χ2v) is 5.73. The van der Waals surface area contributed by atoms with Crippen LogP contribution in [-0.4, -0.2) is 36.6 Å². The Bertz CT molecular complexity index is 642. The maximum absolute atomic E-state index is 13.3. The number of aryl methyl sites for hydroxylation is 1. The number of nitrogens with one attached hydrogen (secondary N) is 1. The summed E-state index contributed by atoms with van der Waals surface area (Å²) in [5.41, 5.74) is 0.226. The van der Waals surface area contributed by atoms with Crippen LogP contribution in [0.15, 0.2) is 23.1 Å². The highest BCUT2D eigenvalue weighted by Crippen LogP contribution is 2.15. The molecule has 0 fully saturated rings. The van der Waals surface area contributed by atoms with Crippen molar-refractivity contribution in [1.29, 1.82) is 0 Å². The molecule has 7 nitrogen and oxygen atoms in total. The smallest absolute Gasteiger partial charge is 0.322 e. The molecule has 1 aromatic rings. The van der Waals surface area contributed by atoms with Crippen molar-refractivity contribution in [1.82, 2.24) is 4.72 Å². The summed E-state index contributed by atoms with van der Waals surface area (Å²) in [4.78, 5) is 20.8. The Morgan fingerprint density at radius 1 is 1.35 bits per heavy atom. The molecule has 0 aliphatic carbocycles. The zero-order valence-corrected chi connectivity index (χ0v) is 11.1. The first-order valence-electron chi connectivity index (χ1n) is 5.36. The van der Waals surface area contributed by atoms with Crippen molar-refractivity contribution in [2.75, 3.05) is 0 Å². The minimum absolute atomic E-state index is 0.226. The molecule has 110 valence electrons. The van der Waals surface area contributed by atoms with E-state index in [0.717, 1.165) is 12.1 Å². The third kappa shape index (κ3) is 4.00. The lowest BCUT2D eigenvalue weighted by Crippen LogP contribution is -2.42. The summed E-state index contributed by atoms with van der Waals surface area (Å²) in [6, 6.07) is 1.22. The van der Waals surface area contributed by atoms with Crippen molar-refractivity contribution in [3.63, 3.8) is 0 Å². The van der Waals surface area contributed by atoms with Gasteiger partial charge in [-0.15, -0.1) is 0 Å². The van der Waals surface area contributed by atoms with Crippen LogP contribution in [0.25, 0.3) is 0 Å². The molecule has 0 aliphatic heterocycles. The molecule has 0 heterocycles. The first-order valence-corrected chi connectivity index (χ1v) is 6.85. The monoisotopic (exact) mass is 305 g/mol. The Morgan fingerprint density at radius 3 is 2.40 bits per heavy atom. The maximum Gasteiger partial charge on any atom is 0.322 e. The Labute approximate surface area is 114 Å². The van der Waals surface area contributed by atoms with Crippen LogP contribution in [0.2, 0.25) is 0 Å². The van der Waals surface area contributed by atoms with Crippen LogP contribution in [0.5, 0.6) is 0 Å². The van der Waals surface area contributed by atoms with Gasteiger partial charge in [-0.3, -0.25) is 9.59 Å². The van der Waals surface area contributed by atoms with Gasteiger partial charge in [0.2, 0.25) is 10.0 Å². The number of sulfonamides is 1. The standard InChI is InChI=1S/C11H12FNO6S/c1-6-2-3-7(4-8(6)12)20(18,19)13-9(11(16)17)5-10(14)15/h2-4,9,13H,5H2,1H3,(H,14,15)(H,16,17)/t9-/m1/s1. The molecule has 1 rings (SSSR count). The van der Waals surface area contributed by atoms with E-state index in [1.807, 2.05) is 0 Å². The van der Waals surface area contributed by atoms with Crippen molar-refractivity contribution in [2.24, 2.45) is 0 Å². The van der Waals surface area contributed by atoms with Gasteiger partial charge in [0.15, 0.2) is 0 Å². The van der Waals surface area contributed by atoms with E-state index < -0.39 is 45.1 Å². The third-order valence-electron chi connectivity index (χ3n) is 2.43. The van der Waals surface area contributed by atoms with E-state index in [1.54, 1.807) is 4.72 Å².